The molecule has 3 rings (SSSR count). The molecule has 4 nitrogen and oxygen atoms in total. The lowest BCUT2D eigenvalue weighted by molar-refractivity contribution is 0.100. The van der Waals surface area contributed by atoms with Crippen molar-refractivity contribution in [2.45, 2.75) is 6.92 Å². The van der Waals surface area contributed by atoms with E-state index >= 15 is 0 Å². The van der Waals surface area contributed by atoms with Gasteiger partial charge >= 0.3 is 0 Å². The lowest BCUT2D eigenvalue weighted by Crippen LogP contribution is -2.10. The van der Waals surface area contributed by atoms with Crippen LogP contribution in [0.15, 0.2) is 24.5 Å². The maximum Gasteiger partial charge on any atom is 0.248 e. The zero-order valence-electron chi connectivity index (χ0n) is 9.10. The van der Waals surface area contributed by atoms with Crippen molar-refractivity contribution in [2.75, 3.05) is 0 Å². The van der Waals surface area contributed by atoms with Crippen molar-refractivity contribution in [1.29, 1.82) is 0 Å². The molecule has 17 heavy (non-hydrogen) atoms. The van der Waals surface area contributed by atoms with Gasteiger partial charge < -0.3 is 5.73 Å². The molecule has 0 aliphatic carbocycles. The van der Waals surface area contributed by atoms with Gasteiger partial charge in [0.2, 0.25) is 5.91 Å². The van der Waals surface area contributed by atoms with Crippen LogP contribution >= 0.6 is 11.3 Å². The predicted molar refractivity (Wildman–Crippen MR) is 68.2 cm³/mol. The van der Waals surface area contributed by atoms with Crippen molar-refractivity contribution in [3.63, 3.8) is 0 Å². The largest absolute Gasteiger partial charge is 0.366 e. The molecule has 0 spiro atoms. The highest BCUT2D eigenvalue weighted by Gasteiger charge is 2.10. The number of primary amides is 1. The smallest absolute Gasteiger partial charge is 0.248 e. The summed E-state index contributed by atoms with van der Waals surface area (Å²) in [6, 6.07) is 5.46. The Hall–Kier alpha value is -2.01. The van der Waals surface area contributed by atoms with Gasteiger partial charge in [0.15, 0.2) is 0 Å². The molecule has 0 unspecified atom stereocenters. The molecule has 0 aliphatic heterocycles. The Morgan fingerprint density at radius 3 is 2.94 bits per heavy atom. The van der Waals surface area contributed by atoms with E-state index in [0.29, 0.717) is 5.56 Å². The quantitative estimate of drug-likeness (QED) is 0.712. The van der Waals surface area contributed by atoms with Gasteiger partial charge in [-0.05, 0) is 25.1 Å². The summed E-state index contributed by atoms with van der Waals surface area (Å²) in [5, 5.41) is 2.01. The van der Waals surface area contributed by atoms with Gasteiger partial charge in [-0.2, -0.15) is 0 Å². The summed E-state index contributed by atoms with van der Waals surface area (Å²) in [6.07, 6.45) is 1.56. The SMILES string of the molecule is Cc1ncnc2sc3ccc(C(N)=O)cc3c12. The van der Waals surface area contributed by atoms with Gasteiger partial charge in [0, 0.05) is 26.7 Å². The van der Waals surface area contributed by atoms with Crippen molar-refractivity contribution in [2.24, 2.45) is 5.73 Å². The molecular weight excluding hydrogens is 234 g/mol. The first-order chi connectivity index (χ1) is 8.16. The van der Waals surface area contributed by atoms with Gasteiger partial charge in [-0.1, -0.05) is 0 Å². The molecule has 2 heterocycles. The number of nitrogens with zero attached hydrogens (tertiary/aromatic N) is 2. The summed E-state index contributed by atoms with van der Waals surface area (Å²) in [5.74, 6) is -0.416. The van der Waals surface area contributed by atoms with Gasteiger partial charge in [-0.15, -0.1) is 11.3 Å². The second-order valence-electron chi connectivity index (χ2n) is 3.82. The van der Waals surface area contributed by atoms with Crippen LogP contribution in [0.4, 0.5) is 0 Å². The van der Waals surface area contributed by atoms with Crippen LogP contribution in [0.5, 0.6) is 0 Å². The average molecular weight is 243 g/mol. The molecule has 0 radical (unpaired) electrons. The molecule has 2 aromatic heterocycles. The van der Waals surface area contributed by atoms with Gasteiger partial charge in [-0.25, -0.2) is 9.97 Å². The highest BCUT2D eigenvalue weighted by Crippen LogP contribution is 2.33. The number of thiophene rings is 1. The second-order valence-corrected chi connectivity index (χ2v) is 4.85. The second kappa shape index (κ2) is 3.49. The number of carbonyl (C=O) groups is 1. The van der Waals surface area contributed by atoms with Gasteiger partial charge in [0.25, 0.3) is 0 Å². The fourth-order valence-electron chi connectivity index (χ4n) is 1.91. The Morgan fingerprint density at radius 2 is 2.18 bits per heavy atom. The van der Waals surface area contributed by atoms with Crippen molar-refractivity contribution in [3.8, 4) is 0 Å². The van der Waals surface area contributed by atoms with E-state index in [1.807, 2.05) is 19.1 Å². The van der Waals surface area contributed by atoms with E-state index < -0.39 is 5.91 Å². The van der Waals surface area contributed by atoms with Gasteiger partial charge in [0.1, 0.15) is 11.2 Å². The summed E-state index contributed by atoms with van der Waals surface area (Å²) in [5.41, 5.74) is 6.72. The van der Waals surface area contributed by atoms with E-state index in [-0.39, 0.29) is 0 Å². The molecule has 1 amide bonds. The van der Waals surface area contributed by atoms with E-state index in [0.717, 1.165) is 26.0 Å². The first-order valence-electron chi connectivity index (χ1n) is 5.10. The molecule has 1 aromatic carbocycles. The molecule has 84 valence electrons. The summed E-state index contributed by atoms with van der Waals surface area (Å²) in [7, 11) is 0. The predicted octanol–water partition coefficient (Wildman–Crippen LogP) is 2.25. The number of aryl methyl sites for hydroxylation is 1. The maximum absolute atomic E-state index is 11.2. The summed E-state index contributed by atoms with van der Waals surface area (Å²) < 4.78 is 1.09. The van der Waals surface area contributed by atoms with E-state index in [1.165, 1.54) is 0 Å². The number of nitrogens with two attached hydrogens (primary N) is 1. The molecule has 0 aliphatic rings. The maximum atomic E-state index is 11.2. The highest BCUT2D eigenvalue weighted by atomic mass is 32.1. The standard InChI is InChI=1S/C12H9N3OS/c1-6-10-8-4-7(11(13)16)2-3-9(8)17-12(10)15-5-14-6/h2-5H,1H3,(H2,13,16). The number of rotatable bonds is 1. The minimum atomic E-state index is -0.416. The first-order valence-corrected chi connectivity index (χ1v) is 5.92. The fraction of sp³-hybridized carbons (Fsp3) is 0.0833. The van der Waals surface area contributed by atoms with Gasteiger partial charge in [-0.3, -0.25) is 4.79 Å². The lowest BCUT2D eigenvalue weighted by Gasteiger charge is -1.97. The van der Waals surface area contributed by atoms with E-state index in [4.69, 9.17) is 5.73 Å². The zero-order chi connectivity index (χ0) is 12.0. The number of carbonyl (C=O) groups excluding carboxylic acids is 1. The van der Waals surface area contributed by atoms with E-state index in [9.17, 15) is 4.79 Å². The van der Waals surface area contributed by atoms with Crippen LogP contribution in [0.3, 0.4) is 0 Å². The van der Waals surface area contributed by atoms with Crippen LogP contribution in [0.25, 0.3) is 20.3 Å². The Bertz CT molecular complexity index is 748. The number of amides is 1. The van der Waals surface area contributed by atoms with Crippen LogP contribution in [0, 0.1) is 6.92 Å². The van der Waals surface area contributed by atoms with Crippen molar-refractivity contribution in [1.82, 2.24) is 9.97 Å². The van der Waals surface area contributed by atoms with Crippen LogP contribution in [0.1, 0.15) is 16.1 Å². The molecular formula is C12H9N3OS. The minimum Gasteiger partial charge on any atom is -0.366 e. The normalized spacial score (nSPS) is 11.1. The number of fused-ring (bicyclic) bond motifs is 3. The van der Waals surface area contributed by atoms with Gasteiger partial charge in [0.05, 0.1) is 0 Å². The van der Waals surface area contributed by atoms with E-state index in [1.54, 1.807) is 23.7 Å². The third-order valence-electron chi connectivity index (χ3n) is 2.74. The molecule has 3 aromatic rings. The molecule has 0 atom stereocenters. The van der Waals surface area contributed by atoms with Crippen molar-refractivity contribution >= 4 is 37.5 Å². The van der Waals surface area contributed by atoms with Crippen LogP contribution in [-0.2, 0) is 0 Å². The molecule has 2 N–H and O–H groups in total. The van der Waals surface area contributed by atoms with Crippen molar-refractivity contribution in [3.05, 3.63) is 35.8 Å². The third kappa shape index (κ3) is 1.47. The fourth-order valence-corrected chi connectivity index (χ4v) is 2.99. The van der Waals surface area contributed by atoms with Crippen molar-refractivity contribution < 1.29 is 4.79 Å². The Kier molecular flexibility index (Phi) is 2.09. The molecule has 0 fully saturated rings. The molecule has 0 saturated heterocycles. The van der Waals surface area contributed by atoms with E-state index in [2.05, 4.69) is 9.97 Å². The topological polar surface area (TPSA) is 68.9 Å². The molecule has 5 heteroatoms. The molecule has 0 bridgehead atoms. The highest BCUT2D eigenvalue weighted by molar-refractivity contribution is 7.25. The van der Waals surface area contributed by atoms with Crippen LogP contribution in [-0.4, -0.2) is 15.9 Å². The monoisotopic (exact) mass is 243 g/mol. The van der Waals surface area contributed by atoms with Crippen LogP contribution < -0.4 is 5.73 Å². The Morgan fingerprint density at radius 1 is 1.35 bits per heavy atom. The summed E-state index contributed by atoms with van der Waals surface area (Å²) in [4.78, 5) is 20.5. The third-order valence-corrected chi connectivity index (χ3v) is 3.82. The number of hydrogen-bond donors (Lipinski definition) is 1. The number of hydrogen-bond acceptors (Lipinski definition) is 4. The summed E-state index contributed by atoms with van der Waals surface area (Å²) in [6.45, 7) is 1.94. The molecule has 0 saturated carbocycles. The summed E-state index contributed by atoms with van der Waals surface area (Å²) >= 11 is 1.59. The Balaban J connectivity index is 2.48. The first kappa shape index (κ1) is 10.2. The zero-order valence-corrected chi connectivity index (χ0v) is 9.91. The lowest BCUT2D eigenvalue weighted by atomic mass is 10.1. The van der Waals surface area contributed by atoms with Crippen LogP contribution in [0.2, 0.25) is 0 Å². The number of benzene rings is 1. The number of aromatic nitrogens is 2. The Labute approximate surface area is 101 Å². The minimum absolute atomic E-state index is 0.416. The average Bonchev–Trinajstić information content (AvgIpc) is 2.67.